The highest BCUT2D eigenvalue weighted by Crippen LogP contribution is 2.50. The Kier molecular flexibility index (Phi) is 25.5. The van der Waals surface area contributed by atoms with E-state index in [2.05, 4.69) is 375 Å². The van der Waals surface area contributed by atoms with E-state index in [-0.39, 0.29) is 48.7 Å². The van der Waals surface area contributed by atoms with Crippen molar-refractivity contribution in [2.45, 2.75) is 307 Å². The van der Waals surface area contributed by atoms with Gasteiger partial charge < -0.3 is 40.1 Å². The van der Waals surface area contributed by atoms with Gasteiger partial charge in [-0.05, 0) is 217 Å². The van der Waals surface area contributed by atoms with Gasteiger partial charge in [0.2, 0.25) is 0 Å². The quantitative estimate of drug-likeness (QED) is 0.0480. The van der Waals surface area contributed by atoms with Crippen LogP contribution < -0.4 is 9.47 Å². The maximum atomic E-state index is 11.0. The fourth-order valence-electron chi connectivity index (χ4n) is 20.1. The summed E-state index contributed by atoms with van der Waals surface area (Å²) in [4.78, 5) is 12.1. The first kappa shape index (κ1) is 104. The zero-order valence-corrected chi connectivity index (χ0v) is 95.0. The van der Waals surface area contributed by atoms with Gasteiger partial charge in [-0.25, -0.2) is 0 Å². The maximum Gasteiger partial charge on any atom is 0.147 e. The molecule has 0 aliphatic rings. The summed E-state index contributed by atoms with van der Waals surface area (Å²) in [5.41, 5.74) is 28.7. The lowest BCUT2D eigenvalue weighted by Crippen LogP contribution is -2.17. The van der Waals surface area contributed by atoms with Gasteiger partial charge in [-0.2, -0.15) is 0 Å². The van der Waals surface area contributed by atoms with Gasteiger partial charge in [0.15, 0.2) is 0 Å². The Labute approximate surface area is 884 Å². The first-order valence-electron chi connectivity index (χ1n) is 52.6. The van der Waals surface area contributed by atoms with E-state index < -0.39 is 0 Å². The third-order valence-corrected chi connectivity index (χ3v) is 30.2. The van der Waals surface area contributed by atoms with Crippen molar-refractivity contribution in [3.8, 4) is 80.1 Å². The molecule has 0 radical (unpaired) electrons. The van der Waals surface area contributed by atoms with Gasteiger partial charge in [0.1, 0.15) is 146 Å². The number of fused-ring (bicyclic) bond motifs is 24. The number of para-hydroxylation sites is 8. The molecule has 1 atom stereocenters. The van der Waals surface area contributed by atoms with Gasteiger partial charge in [0, 0.05) is 49.4 Å². The lowest BCUT2D eigenvalue weighted by Gasteiger charge is -2.26. The molecule has 0 spiro atoms. The van der Waals surface area contributed by atoms with Crippen LogP contribution in [0.5, 0.6) is 46.0 Å². The average molecular weight is 2100 g/mol. The fourth-order valence-corrected chi connectivity index (χ4v) is 20.6. The number of unbranched alkanes of at least 4 members (excludes halogenated alkanes) is 5. The number of phenols is 6. The molecule has 786 valence electrons. The minimum Gasteiger partial charge on any atom is -0.505 e. The van der Waals surface area contributed by atoms with Crippen molar-refractivity contribution < 1.29 is 40.1 Å². The van der Waals surface area contributed by atoms with Crippen LogP contribution in [-0.4, -0.2) is 129 Å². The molecule has 0 aliphatic carbocycles. The van der Waals surface area contributed by atoms with Gasteiger partial charge in [-0.1, -0.05) is 340 Å². The van der Waals surface area contributed by atoms with Crippen molar-refractivity contribution in [3.05, 3.63) is 271 Å². The molecule has 12 aromatic heterocycles. The molecular weight excluding hydrogens is 1950 g/mol. The smallest absolute Gasteiger partial charge is 0.147 e. The summed E-state index contributed by atoms with van der Waals surface area (Å²) in [6.45, 7) is 65.6. The number of aromatic nitrogens is 18. The molecule has 6 N–H and O–H groups in total. The molecule has 28 heteroatoms. The molecule has 0 amide bonds. The highest BCUT2D eigenvalue weighted by atomic mass is 79.9. The summed E-state index contributed by atoms with van der Waals surface area (Å²) >= 11 is 9.65. The third-order valence-electron chi connectivity index (χ3n) is 29.5. The van der Waals surface area contributed by atoms with E-state index in [0.717, 1.165) is 140 Å². The second-order valence-electron chi connectivity index (χ2n) is 50.1. The highest BCUT2D eigenvalue weighted by molar-refractivity contribution is 9.10. The van der Waals surface area contributed by atoms with Crippen molar-refractivity contribution in [1.29, 1.82) is 0 Å². The van der Waals surface area contributed by atoms with Crippen molar-refractivity contribution in [2.24, 2.45) is 0 Å². The Morgan fingerprint density at radius 2 is 0.517 bits per heavy atom. The molecule has 24 aromatic rings. The molecule has 149 heavy (non-hydrogen) atoms. The zero-order valence-electron chi connectivity index (χ0n) is 92.7. The number of phenolic OH excluding ortho intramolecular Hbond substituents is 6. The van der Waals surface area contributed by atoms with Gasteiger partial charge in [-0.3, -0.25) is 0 Å². The number of ether oxygens (including phenoxy) is 2. The summed E-state index contributed by atoms with van der Waals surface area (Å²) in [5.74, 6) is 4.00. The van der Waals surface area contributed by atoms with Crippen molar-refractivity contribution >= 4 is 93.7 Å². The Morgan fingerprint density at radius 1 is 0.268 bits per heavy atom. The van der Waals surface area contributed by atoms with Crippen LogP contribution in [0.2, 0.25) is 5.02 Å². The minimum absolute atomic E-state index is 0.00165. The van der Waals surface area contributed by atoms with E-state index in [9.17, 15) is 30.6 Å². The topological polar surface area (TPSA) is 222 Å². The Hall–Kier alpha value is -13.8. The van der Waals surface area contributed by atoms with Crippen LogP contribution in [-0.2, 0) is 48.7 Å². The monoisotopic (exact) mass is 2100 g/mol. The van der Waals surface area contributed by atoms with Gasteiger partial charge in [0.05, 0.1) is 13.7 Å². The average Bonchev–Trinajstić information content (AvgIpc) is 1.52. The molecule has 0 fully saturated rings. The largest absolute Gasteiger partial charge is 0.505 e. The Bertz CT molecular complexity index is 8560. The number of nitrogens with zero attached hydrogens (tertiary/aromatic N) is 18. The molecule has 12 aromatic carbocycles. The van der Waals surface area contributed by atoms with E-state index in [1.54, 1.807) is 7.11 Å². The van der Waals surface area contributed by atoms with Crippen LogP contribution in [0.1, 0.15) is 314 Å². The highest BCUT2D eigenvalue weighted by Gasteiger charge is 2.40. The normalized spacial score (nSPS) is 13.3. The van der Waals surface area contributed by atoms with Crippen molar-refractivity contribution in [3.63, 3.8) is 0 Å². The number of rotatable bonds is 17. The van der Waals surface area contributed by atoms with E-state index in [1.807, 2.05) is 140 Å². The minimum atomic E-state index is -0.176. The van der Waals surface area contributed by atoms with E-state index >= 15 is 0 Å². The van der Waals surface area contributed by atoms with Crippen LogP contribution in [0.4, 0.5) is 0 Å². The van der Waals surface area contributed by atoms with Crippen LogP contribution in [0.25, 0.3) is 100 Å². The third kappa shape index (κ3) is 18.6. The zero-order chi connectivity index (χ0) is 108. The van der Waals surface area contributed by atoms with Crippen LogP contribution in [0, 0.1) is 0 Å². The molecule has 1 unspecified atom stereocenters. The predicted molar refractivity (Wildman–Crippen MR) is 608 cm³/mol. The predicted octanol–water partition coefficient (Wildman–Crippen LogP) is 30.1. The molecule has 0 saturated carbocycles. The standard InChI is InChI=1S/C24H33N3O2.C20H24BrN3O.C20H24ClN3O.2C20H25N3O.C17H19N3O2/c1-5-6-7-8-9-12-15-29-18-16-19(24(2,3)4)23(28)22(17-18)27-25-20-13-10-11-14-21(20)26(25)27;2*1-19(2,3)12-9-14(20(4,5)6)18(25)17(10-12)24-22-15-8-7-13(21)11-16(15)23(22)24;1-19(2,3)13-11-14(20(4,5)6)18(24)17(12-13)23-21-15-9-7-8-10-16(15)22(21)23;1-6-13(2)15-11-14(20(3,4)5)12-18(19(15)24)23-21-16-9-7-8-10-17(16)22(21)23;1-17(2,3)12-9-11(22-4)10-15(16(12)21)20-18-13-7-5-6-8-14(13)19(18)20/h10-11,13-14,16-17,28H,5-9,12,15H2,1-4H3;2*7-11,25H,1-6H3;7-12,24H,1-6H3;7-13,24H,6H2,1-5H3;5-10,21H,1-4H3. The van der Waals surface area contributed by atoms with Crippen LogP contribution in [0.3, 0.4) is 0 Å². The number of benzene rings is 12. The lowest BCUT2D eigenvalue weighted by atomic mass is 9.80. The maximum absolute atomic E-state index is 11.0. The lowest BCUT2D eigenvalue weighted by molar-refractivity contribution is 0.302. The summed E-state index contributed by atoms with van der Waals surface area (Å²) < 4.78 is 37.3. The Balaban J connectivity index is 0.000000112. The van der Waals surface area contributed by atoms with Crippen molar-refractivity contribution in [2.75, 3.05) is 13.7 Å². The van der Waals surface area contributed by atoms with E-state index in [0.29, 0.717) is 52.0 Å². The van der Waals surface area contributed by atoms with Crippen LogP contribution >= 0.6 is 27.5 Å². The first-order valence-corrected chi connectivity index (χ1v) is 53.8. The van der Waals surface area contributed by atoms with Gasteiger partial charge >= 0.3 is 0 Å². The molecule has 0 saturated heterocycles. The van der Waals surface area contributed by atoms with E-state index in [1.165, 1.54) is 76.4 Å². The Morgan fingerprint density at radius 3 is 0.812 bits per heavy atom. The van der Waals surface area contributed by atoms with E-state index in [4.69, 9.17) is 21.1 Å². The molecule has 12 heterocycles. The molecule has 0 bridgehead atoms. The fraction of sp³-hybridized carbons (Fsp3) is 0.405. The number of hydrogen-bond acceptors (Lipinski definition) is 8. The SMILES string of the molecule is CC(C)(C)c1cc(-n2n3c4ccc(Br)cc4n23)c(O)c(C(C)(C)C)c1.CC(C)(C)c1cc(-n2n3c4ccc(Cl)cc4n23)c(O)c(C(C)(C)C)c1.CC(C)(C)c1cc(-n2n3c4ccccc4n23)c(O)c(C(C)(C)C)c1.CCC(C)c1cc(C(C)(C)C)cc(-n2n3c4ccccc4n23)c1O.CCCCCCCCOc1cc(-n2n3c4ccccc4n23)c(O)c(C(C)(C)C)c1.COc1cc(-n2n3c4ccccc4n23)c(O)c(C(C)(C)C)c1. The second-order valence-corrected chi connectivity index (χ2v) is 51.4. The summed E-state index contributed by atoms with van der Waals surface area (Å²) in [6, 6.07) is 69.8. The number of methoxy groups -OCH3 is 1. The molecule has 24 rings (SSSR count). The summed E-state index contributed by atoms with van der Waals surface area (Å²) in [5, 5.41) is 66.4. The number of halogens is 2. The molecular formula is C121H150BrClN18O8. The molecule has 26 nitrogen and oxygen atoms in total. The second kappa shape index (κ2) is 36.6. The molecule has 0 aliphatic heterocycles. The van der Waals surface area contributed by atoms with Crippen molar-refractivity contribution in [1.82, 2.24) is 84.3 Å². The number of hydrogen-bond donors (Lipinski definition) is 6. The first-order chi connectivity index (χ1) is 69.8. The van der Waals surface area contributed by atoms with Crippen LogP contribution in [0.15, 0.2) is 211 Å². The van der Waals surface area contributed by atoms with Gasteiger partial charge in [0.25, 0.3) is 0 Å². The van der Waals surface area contributed by atoms with Gasteiger partial charge in [-0.15, -0.1) is 84.3 Å². The summed E-state index contributed by atoms with van der Waals surface area (Å²) in [6.07, 6.45) is 8.47. The number of aromatic hydroxyl groups is 6. The summed E-state index contributed by atoms with van der Waals surface area (Å²) in [7, 11) is 1.65.